The van der Waals surface area contributed by atoms with Gasteiger partial charge in [0.25, 0.3) is 5.91 Å². The van der Waals surface area contributed by atoms with Crippen LogP contribution in [0, 0.1) is 5.82 Å². The Labute approximate surface area is 179 Å². The Balaban J connectivity index is 1.44. The van der Waals surface area contributed by atoms with Gasteiger partial charge >= 0.3 is 10.3 Å². The van der Waals surface area contributed by atoms with E-state index in [1.165, 1.54) is 29.4 Å². The van der Waals surface area contributed by atoms with Gasteiger partial charge in [-0.15, -0.1) is 0 Å². The number of carbonyl (C=O) groups excluding carboxylic acids is 1. The molecule has 3 heterocycles. The van der Waals surface area contributed by atoms with Crippen LogP contribution in [0.5, 0.6) is 0 Å². The van der Waals surface area contributed by atoms with E-state index < -0.39 is 58.7 Å². The zero-order chi connectivity index (χ0) is 23.0. The molecule has 1 aliphatic rings. The van der Waals surface area contributed by atoms with E-state index in [-0.39, 0.29) is 17.0 Å². The molecule has 4 atom stereocenters. The van der Waals surface area contributed by atoms with Crippen LogP contribution in [0.3, 0.4) is 0 Å². The number of hydrogen-bond donors (Lipinski definition) is 4. The molecule has 1 aliphatic heterocycles. The van der Waals surface area contributed by atoms with Crippen LogP contribution >= 0.6 is 0 Å². The lowest BCUT2D eigenvalue weighted by molar-refractivity contribution is -0.0468. The van der Waals surface area contributed by atoms with Crippen molar-refractivity contribution in [2.45, 2.75) is 24.5 Å². The smallest absolute Gasteiger partial charge is 0.362 e. The number of aromatic nitrogens is 4. The largest absolute Gasteiger partial charge is 0.387 e. The molecule has 0 bridgehead atoms. The molecule has 0 aliphatic carbocycles. The van der Waals surface area contributed by atoms with Crippen LogP contribution in [0.1, 0.15) is 16.6 Å². The van der Waals surface area contributed by atoms with Gasteiger partial charge in [-0.25, -0.2) is 24.1 Å². The molecule has 2 unspecified atom stereocenters. The molecule has 1 amide bonds. The van der Waals surface area contributed by atoms with Gasteiger partial charge in [0.1, 0.15) is 36.0 Å². The van der Waals surface area contributed by atoms with E-state index in [2.05, 4.69) is 19.1 Å². The van der Waals surface area contributed by atoms with Crippen LogP contribution < -0.4 is 10.5 Å². The first-order valence-corrected chi connectivity index (χ1v) is 10.5. The second-order valence-corrected chi connectivity index (χ2v) is 8.13. The third-order valence-corrected chi connectivity index (χ3v) is 5.60. The molecule has 1 fully saturated rings. The molecule has 3 aromatic rings. The average Bonchev–Trinajstić information content (AvgIpc) is 3.29. The Hall–Kier alpha value is -3.24. The predicted molar refractivity (Wildman–Crippen MR) is 104 cm³/mol. The molecule has 0 radical (unpaired) electrons. The summed E-state index contributed by atoms with van der Waals surface area (Å²) in [7, 11) is -4.68. The van der Waals surface area contributed by atoms with Crippen LogP contribution in [0.15, 0.2) is 36.9 Å². The highest BCUT2D eigenvalue weighted by atomic mass is 32.2. The molecule has 32 heavy (non-hydrogen) atoms. The van der Waals surface area contributed by atoms with Gasteiger partial charge in [-0.05, 0) is 12.1 Å². The summed E-state index contributed by atoms with van der Waals surface area (Å²) >= 11 is 0. The highest BCUT2D eigenvalue weighted by Crippen LogP contribution is 2.32. The normalized spacial score (nSPS) is 23.5. The number of nitrogens with zero attached hydrogens (tertiary/aromatic N) is 4. The molecule has 170 valence electrons. The Morgan fingerprint density at radius 3 is 2.75 bits per heavy atom. The minimum atomic E-state index is -4.68. The third-order valence-electron chi connectivity index (χ3n) is 4.72. The molecular formula is C17H17FN6O7S. The Morgan fingerprint density at radius 1 is 1.25 bits per heavy atom. The number of aliphatic hydroxyl groups excluding tert-OH is 2. The molecule has 4 rings (SSSR count). The van der Waals surface area contributed by atoms with E-state index in [4.69, 9.17) is 10.5 Å². The quantitative estimate of drug-likeness (QED) is 0.342. The number of nitrogen functional groups attached to an aromatic ring is 1. The SMILES string of the molecule is Nc1ncnc2c1ncn2C1OC(COS(=O)(=O)NC(=O)c2ccccc2F)[C@@H](O)[C@H]1O. The number of ether oxygens (including phenoxy) is 1. The summed E-state index contributed by atoms with van der Waals surface area (Å²) in [4.78, 5) is 23.8. The molecular weight excluding hydrogens is 451 g/mol. The first-order valence-electron chi connectivity index (χ1n) is 9.08. The van der Waals surface area contributed by atoms with E-state index in [0.717, 1.165) is 12.1 Å². The maximum absolute atomic E-state index is 13.7. The molecule has 15 heteroatoms. The summed E-state index contributed by atoms with van der Waals surface area (Å²) in [5.74, 6) is -2.06. The summed E-state index contributed by atoms with van der Waals surface area (Å²) in [5, 5.41) is 20.6. The van der Waals surface area contributed by atoms with Crippen LogP contribution in [0.4, 0.5) is 10.2 Å². The molecule has 5 N–H and O–H groups in total. The lowest BCUT2D eigenvalue weighted by atomic mass is 10.1. The summed E-state index contributed by atoms with van der Waals surface area (Å²) in [6, 6.07) is 4.78. The van der Waals surface area contributed by atoms with Crippen molar-refractivity contribution in [3.8, 4) is 0 Å². The number of anilines is 1. The number of rotatable bonds is 6. The number of fused-ring (bicyclic) bond motifs is 1. The van der Waals surface area contributed by atoms with Crippen LogP contribution in [-0.4, -0.2) is 69.0 Å². The van der Waals surface area contributed by atoms with Crippen LogP contribution in [-0.2, 0) is 19.2 Å². The van der Waals surface area contributed by atoms with E-state index in [1.54, 1.807) is 4.72 Å². The van der Waals surface area contributed by atoms with E-state index in [1.807, 2.05) is 0 Å². The number of carbonyl (C=O) groups is 1. The van der Waals surface area contributed by atoms with Gasteiger partial charge in [0.2, 0.25) is 0 Å². The number of benzene rings is 1. The minimum absolute atomic E-state index is 0.0957. The molecule has 13 nitrogen and oxygen atoms in total. The van der Waals surface area contributed by atoms with Crippen LogP contribution in [0.25, 0.3) is 11.2 Å². The second-order valence-electron chi connectivity index (χ2n) is 6.78. The van der Waals surface area contributed by atoms with Crippen molar-refractivity contribution in [3.05, 3.63) is 48.3 Å². The summed E-state index contributed by atoms with van der Waals surface area (Å²) in [5.41, 5.74) is 5.69. The summed E-state index contributed by atoms with van der Waals surface area (Å²) in [6.45, 7) is -0.752. The molecule has 1 aromatic carbocycles. The monoisotopic (exact) mass is 468 g/mol. The lowest BCUT2D eigenvalue weighted by Gasteiger charge is -2.16. The predicted octanol–water partition coefficient (Wildman–Crippen LogP) is -1.14. The number of nitrogens with one attached hydrogen (secondary N) is 1. The van der Waals surface area contributed by atoms with Crippen molar-refractivity contribution in [1.82, 2.24) is 24.2 Å². The Kier molecular flexibility index (Phi) is 5.74. The topological polar surface area (TPSA) is 192 Å². The van der Waals surface area contributed by atoms with E-state index >= 15 is 0 Å². The zero-order valence-corrected chi connectivity index (χ0v) is 16.9. The van der Waals surface area contributed by atoms with Crippen molar-refractivity contribution in [3.63, 3.8) is 0 Å². The van der Waals surface area contributed by atoms with Gasteiger partial charge in [0, 0.05) is 0 Å². The molecule has 0 spiro atoms. The fourth-order valence-corrected chi connectivity index (χ4v) is 3.86. The molecule has 0 saturated carbocycles. The van der Waals surface area contributed by atoms with Gasteiger partial charge in [-0.3, -0.25) is 13.5 Å². The summed E-state index contributed by atoms with van der Waals surface area (Å²) < 4.78 is 50.9. The molecule has 2 aromatic heterocycles. The standard InChI is InChI=1S/C17H17FN6O7S/c18-9-4-2-1-3-8(9)16(27)23-32(28,29)30-5-10-12(25)13(26)17(31-10)24-7-22-11-14(19)20-6-21-15(11)24/h1-4,6-7,10,12-13,17,25-26H,5H2,(H,23,27)(H2,19,20,21)/t10?,12-,13-,17?/m1/s1. The Morgan fingerprint density at radius 2 is 2.00 bits per heavy atom. The zero-order valence-electron chi connectivity index (χ0n) is 16.1. The lowest BCUT2D eigenvalue weighted by Crippen LogP contribution is -2.38. The first-order chi connectivity index (χ1) is 15.2. The van der Waals surface area contributed by atoms with Crippen molar-refractivity contribution in [2.24, 2.45) is 0 Å². The average molecular weight is 468 g/mol. The van der Waals surface area contributed by atoms with Gasteiger partial charge in [0.15, 0.2) is 17.7 Å². The number of aliphatic hydroxyl groups is 2. The van der Waals surface area contributed by atoms with Crippen molar-refractivity contribution < 1.29 is 36.7 Å². The Bertz CT molecular complexity index is 1270. The number of hydrogen-bond acceptors (Lipinski definition) is 11. The number of imidazole rings is 1. The minimum Gasteiger partial charge on any atom is -0.387 e. The number of amides is 1. The fourth-order valence-electron chi connectivity index (χ4n) is 3.15. The van der Waals surface area contributed by atoms with Gasteiger partial charge in [0.05, 0.1) is 18.5 Å². The number of nitrogens with two attached hydrogens (primary N) is 1. The maximum atomic E-state index is 13.7. The second kappa shape index (κ2) is 8.36. The summed E-state index contributed by atoms with van der Waals surface area (Å²) in [6.07, 6.45) is -3.08. The highest BCUT2D eigenvalue weighted by Gasteiger charge is 2.45. The van der Waals surface area contributed by atoms with Gasteiger partial charge in [-0.1, -0.05) is 12.1 Å². The van der Waals surface area contributed by atoms with Crippen molar-refractivity contribution in [1.29, 1.82) is 0 Å². The van der Waals surface area contributed by atoms with E-state index in [9.17, 15) is 27.8 Å². The maximum Gasteiger partial charge on any atom is 0.362 e. The number of halogens is 1. The third kappa shape index (κ3) is 4.11. The van der Waals surface area contributed by atoms with Crippen molar-refractivity contribution >= 4 is 33.2 Å². The molecule has 1 saturated heterocycles. The van der Waals surface area contributed by atoms with Gasteiger partial charge < -0.3 is 20.7 Å². The van der Waals surface area contributed by atoms with Crippen molar-refractivity contribution in [2.75, 3.05) is 12.3 Å². The van der Waals surface area contributed by atoms with Gasteiger partial charge in [-0.2, -0.15) is 8.42 Å². The van der Waals surface area contributed by atoms with Crippen LogP contribution in [0.2, 0.25) is 0 Å². The highest BCUT2D eigenvalue weighted by molar-refractivity contribution is 7.85. The van der Waals surface area contributed by atoms with E-state index in [0.29, 0.717) is 0 Å². The fraction of sp³-hybridized carbons (Fsp3) is 0.294. The first kappa shape index (κ1) is 22.0.